The fraction of sp³-hybridized carbons (Fsp3) is 0.235. The zero-order chi connectivity index (χ0) is 19.8. The molecule has 0 bridgehead atoms. The van der Waals surface area contributed by atoms with Gasteiger partial charge in [0.2, 0.25) is 10.0 Å². The number of pyridine rings is 1. The molecule has 0 aliphatic heterocycles. The molecule has 0 saturated heterocycles. The minimum Gasteiger partial charge on any atom is -0.392 e. The van der Waals surface area contributed by atoms with E-state index in [0.717, 1.165) is 6.07 Å². The Morgan fingerprint density at radius 2 is 1.89 bits per heavy atom. The Kier molecular flexibility index (Phi) is 4.98. The van der Waals surface area contributed by atoms with Gasteiger partial charge >= 0.3 is 6.18 Å². The second kappa shape index (κ2) is 6.95. The number of alkyl halides is 3. The fourth-order valence-corrected chi connectivity index (χ4v) is 3.68. The van der Waals surface area contributed by atoms with E-state index in [4.69, 9.17) is 0 Å². The topological polar surface area (TPSA) is 95.1 Å². The molecule has 2 heterocycles. The van der Waals surface area contributed by atoms with Gasteiger partial charge in [0.05, 0.1) is 11.0 Å². The van der Waals surface area contributed by atoms with E-state index < -0.39 is 28.0 Å². The molecule has 27 heavy (non-hydrogen) atoms. The number of sulfonamides is 1. The molecule has 144 valence electrons. The van der Waals surface area contributed by atoms with Crippen LogP contribution in [0.1, 0.15) is 12.6 Å². The first kappa shape index (κ1) is 19.3. The molecule has 0 fully saturated rings. The van der Waals surface area contributed by atoms with Crippen LogP contribution in [0.5, 0.6) is 0 Å². The summed E-state index contributed by atoms with van der Waals surface area (Å²) in [6, 6.07) is 8.25. The van der Waals surface area contributed by atoms with E-state index in [1.807, 2.05) is 0 Å². The molecule has 1 aromatic carbocycles. The summed E-state index contributed by atoms with van der Waals surface area (Å²) in [6.45, 7) is 1.32. The summed E-state index contributed by atoms with van der Waals surface area (Å²) in [7, 11) is -3.79. The van der Waals surface area contributed by atoms with E-state index in [1.165, 1.54) is 37.4 Å². The van der Waals surface area contributed by atoms with Crippen LogP contribution in [0.25, 0.3) is 22.2 Å². The van der Waals surface area contributed by atoms with Crippen molar-refractivity contribution in [3.8, 4) is 11.1 Å². The Morgan fingerprint density at radius 1 is 1.22 bits per heavy atom. The maximum Gasteiger partial charge on any atom is 0.431 e. The minimum atomic E-state index is -4.52. The Morgan fingerprint density at radius 3 is 2.48 bits per heavy atom. The van der Waals surface area contributed by atoms with Gasteiger partial charge < -0.3 is 10.1 Å². The zero-order valence-corrected chi connectivity index (χ0v) is 14.9. The standard InChI is InChI=1S/C17H16F3N3O3S/c1-10(24)9-22-27(25,26)12-4-2-11(3-5-12)13-6-7-21-16-14(13)8-15(23-16)17(18,19)20/h2-8,10,22,24H,9H2,1H3,(H,21,23)/t10-/m0/s1. The summed E-state index contributed by atoms with van der Waals surface area (Å²) < 4.78 is 65.3. The van der Waals surface area contributed by atoms with Crippen LogP contribution in [0.15, 0.2) is 47.5 Å². The number of rotatable bonds is 5. The first-order chi connectivity index (χ1) is 12.6. The van der Waals surface area contributed by atoms with E-state index in [0.29, 0.717) is 11.1 Å². The highest BCUT2D eigenvalue weighted by Crippen LogP contribution is 2.34. The Hall–Kier alpha value is -2.43. The average Bonchev–Trinajstić information content (AvgIpc) is 3.05. The number of hydrogen-bond acceptors (Lipinski definition) is 4. The number of hydrogen-bond donors (Lipinski definition) is 3. The van der Waals surface area contributed by atoms with E-state index >= 15 is 0 Å². The number of aromatic amines is 1. The third kappa shape index (κ3) is 4.12. The van der Waals surface area contributed by atoms with Gasteiger partial charge in [-0.15, -0.1) is 0 Å². The largest absolute Gasteiger partial charge is 0.431 e. The quantitative estimate of drug-likeness (QED) is 0.615. The maximum absolute atomic E-state index is 12.9. The molecule has 0 unspecified atom stereocenters. The Balaban J connectivity index is 1.97. The predicted molar refractivity (Wildman–Crippen MR) is 93.4 cm³/mol. The lowest BCUT2D eigenvalue weighted by Gasteiger charge is -2.09. The number of aliphatic hydroxyl groups is 1. The van der Waals surface area contributed by atoms with Crippen molar-refractivity contribution < 1.29 is 26.7 Å². The predicted octanol–water partition coefficient (Wildman–Crippen LogP) is 2.91. The van der Waals surface area contributed by atoms with Gasteiger partial charge in [-0.3, -0.25) is 0 Å². The van der Waals surface area contributed by atoms with Gasteiger partial charge in [-0.25, -0.2) is 18.1 Å². The number of H-pyrrole nitrogens is 1. The summed E-state index contributed by atoms with van der Waals surface area (Å²) in [5, 5.41) is 9.48. The van der Waals surface area contributed by atoms with Gasteiger partial charge in [0.25, 0.3) is 0 Å². The van der Waals surface area contributed by atoms with Crippen LogP contribution in [-0.2, 0) is 16.2 Å². The van der Waals surface area contributed by atoms with Crippen molar-refractivity contribution in [3.63, 3.8) is 0 Å². The molecule has 0 radical (unpaired) electrons. The fourth-order valence-electron chi connectivity index (χ4n) is 2.56. The number of aromatic nitrogens is 2. The first-order valence-corrected chi connectivity index (χ1v) is 9.39. The minimum absolute atomic E-state index is 0.0118. The summed E-state index contributed by atoms with van der Waals surface area (Å²) in [5.74, 6) is 0. The molecule has 10 heteroatoms. The van der Waals surface area contributed by atoms with Crippen LogP contribution < -0.4 is 4.72 Å². The van der Waals surface area contributed by atoms with Gasteiger partial charge in [-0.05, 0) is 42.3 Å². The molecule has 0 spiro atoms. The molecule has 1 atom stereocenters. The highest BCUT2D eigenvalue weighted by molar-refractivity contribution is 7.89. The van der Waals surface area contributed by atoms with E-state index in [9.17, 15) is 26.7 Å². The zero-order valence-electron chi connectivity index (χ0n) is 14.1. The number of fused-ring (bicyclic) bond motifs is 1. The van der Waals surface area contributed by atoms with Crippen molar-refractivity contribution in [3.05, 3.63) is 48.3 Å². The Labute approximate surface area is 153 Å². The molecule has 6 nitrogen and oxygen atoms in total. The highest BCUT2D eigenvalue weighted by Gasteiger charge is 2.33. The molecular weight excluding hydrogens is 383 g/mol. The van der Waals surface area contributed by atoms with Gasteiger partial charge in [-0.2, -0.15) is 13.2 Å². The van der Waals surface area contributed by atoms with Crippen molar-refractivity contribution in [2.75, 3.05) is 6.54 Å². The number of nitrogens with zero attached hydrogens (tertiary/aromatic N) is 1. The lowest BCUT2D eigenvalue weighted by Crippen LogP contribution is -2.30. The van der Waals surface area contributed by atoms with Crippen molar-refractivity contribution in [2.45, 2.75) is 24.1 Å². The van der Waals surface area contributed by atoms with Crippen molar-refractivity contribution in [1.29, 1.82) is 0 Å². The molecule has 3 rings (SSSR count). The van der Waals surface area contributed by atoms with Crippen LogP contribution in [0.4, 0.5) is 13.2 Å². The van der Waals surface area contributed by atoms with E-state index in [2.05, 4.69) is 14.7 Å². The number of nitrogens with one attached hydrogen (secondary N) is 2. The number of aliphatic hydroxyl groups excluding tert-OH is 1. The number of halogens is 3. The monoisotopic (exact) mass is 399 g/mol. The van der Waals surface area contributed by atoms with Crippen LogP contribution in [0, 0.1) is 0 Å². The summed E-state index contributed by atoms with van der Waals surface area (Å²) in [5.41, 5.74) is 0.228. The molecule has 0 aliphatic rings. The second-order valence-corrected chi connectivity index (χ2v) is 7.79. The molecule has 3 aromatic rings. The number of benzene rings is 1. The summed E-state index contributed by atoms with van der Waals surface area (Å²) in [4.78, 5) is 6.15. The van der Waals surface area contributed by atoms with Crippen LogP contribution in [-0.4, -0.2) is 36.1 Å². The lowest BCUT2D eigenvalue weighted by atomic mass is 10.0. The smallest absolute Gasteiger partial charge is 0.392 e. The lowest BCUT2D eigenvalue weighted by molar-refractivity contribution is -0.140. The summed E-state index contributed by atoms with van der Waals surface area (Å²) in [6.07, 6.45) is -3.98. The van der Waals surface area contributed by atoms with Gasteiger partial charge in [0, 0.05) is 18.1 Å². The molecular formula is C17H16F3N3O3S. The van der Waals surface area contributed by atoms with Crippen molar-refractivity contribution >= 4 is 21.1 Å². The second-order valence-electron chi connectivity index (χ2n) is 6.03. The summed E-state index contributed by atoms with van der Waals surface area (Å²) >= 11 is 0. The maximum atomic E-state index is 12.9. The van der Waals surface area contributed by atoms with Crippen molar-refractivity contribution in [2.24, 2.45) is 0 Å². The Bertz CT molecular complexity index is 1060. The van der Waals surface area contributed by atoms with E-state index in [-0.39, 0.29) is 22.5 Å². The van der Waals surface area contributed by atoms with Crippen LogP contribution in [0.3, 0.4) is 0 Å². The molecule has 0 aliphatic carbocycles. The molecule has 0 saturated carbocycles. The van der Waals surface area contributed by atoms with Gasteiger partial charge in [0.1, 0.15) is 11.3 Å². The van der Waals surface area contributed by atoms with Crippen LogP contribution >= 0.6 is 0 Å². The SMILES string of the molecule is C[C@H](O)CNS(=O)(=O)c1ccc(-c2ccnc3[nH]c(C(F)(F)F)cc23)cc1. The molecule has 0 amide bonds. The van der Waals surface area contributed by atoms with Gasteiger partial charge in [0.15, 0.2) is 0 Å². The molecule has 3 N–H and O–H groups in total. The van der Waals surface area contributed by atoms with Crippen LogP contribution in [0.2, 0.25) is 0 Å². The molecule has 2 aromatic heterocycles. The third-order valence-corrected chi connectivity index (χ3v) is 5.32. The average molecular weight is 399 g/mol. The third-order valence-electron chi connectivity index (χ3n) is 3.88. The normalized spacial score (nSPS) is 13.8. The first-order valence-electron chi connectivity index (χ1n) is 7.91. The highest BCUT2D eigenvalue weighted by atomic mass is 32.2. The van der Waals surface area contributed by atoms with Gasteiger partial charge in [-0.1, -0.05) is 12.1 Å². The van der Waals surface area contributed by atoms with E-state index in [1.54, 1.807) is 6.07 Å². The van der Waals surface area contributed by atoms with Crippen molar-refractivity contribution in [1.82, 2.24) is 14.7 Å².